The minimum atomic E-state index is -0.274. The number of anilines is 1. The molecular formula is C19H17N5O2S. The second-order valence-electron chi connectivity index (χ2n) is 5.85. The molecule has 0 radical (unpaired) electrons. The number of hydrogen-bond acceptors (Lipinski definition) is 5. The number of aromatic nitrogens is 3. The van der Waals surface area contributed by atoms with Gasteiger partial charge in [-0.3, -0.25) is 0 Å². The number of benzene rings is 2. The van der Waals surface area contributed by atoms with Crippen LogP contribution >= 0.6 is 11.3 Å². The van der Waals surface area contributed by atoms with E-state index >= 15 is 0 Å². The van der Waals surface area contributed by atoms with Gasteiger partial charge in [0.2, 0.25) is 0 Å². The summed E-state index contributed by atoms with van der Waals surface area (Å²) in [5.74, 6) is 1.50. The third kappa shape index (κ3) is 3.90. The molecule has 27 heavy (non-hydrogen) atoms. The Morgan fingerprint density at radius 2 is 2.07 bits per heavy atom. The molecule has 3 N–H and O–H groups in total. The Morgan fingerprint density at radius 3 is 2.81 bits per heavy atom. The van der Waals surface area contributed by atoms with Gasteiger partial charge in [0.1, 0.15) is 11.4 Å². The highest BCUT2D eigenvalue weighted by Crippen LogP contribution is 2.22. The maximum atomic E-state index is 12.2. The average molecular weight is 379 g/mol. The number of carbonyl (C=O) groups is 1. The molecule has 0 fully saturated rings. The van der Waals surface area contributed by atoms with Gasteiger partial charge in [0.05, 0.1) is 23.7 Å². The van der Waals surface area contributed by atoms with Crippen molar-refractivity contribution >= 4 is 34.1 Å². The molecule has 0 aliphatic heterocycles. The molecule has 0 aliphatic carbocycles. The van der Waals surface area contributed by atoms with Gasteiger partial charge in [-0.2, -0.15) is 0 Å². The van der Waals surface area contributed by atoms with E-state index in [9.17, 15) is 4.79 Å². The van der Waals surface area contributed by atoms with Crippen molar-refractivity contribution in [2.75, 3.05) is 12.4 Å². The van der Waals surface area contributed by atoms with E-state index in [0.717, 1.165) is 28.0 Å². The molecule has 0 atom stereocenters. The van der Waals surface area contributed by atoms with Crippen LogP contribution in [0.2, 0.25) is 0 Å². The number of rotatable bonds is 5. The van der Waals surface area contributed by atoms with Crippen molar-refractivity contribution in [1.82, 2.24) is 20.3 Å². The number of aromatic amines is 1. The van der Waals surface area contributed by atoms with Gasteiger partial charge in [0.15, 0.2) is 5.82 Å². The number of amides is 2. The molecule has 0 bridgehead atoms. The first kappa shape index (κ1) is 17.0. The van der Waals surface area contributed by atoms with Crippen LogP contribution in [0.5, 0.6) is 5.75 Å². The fourth-order valence-corrected chi connectivity index (χ4v) is 3.18. The summed E-state index contributed by atoms with van der Waals surface area (Å²) >= 11 is 1.52. The first-order valence-electron chi connectivity index (χ1n) is 8.27. The smallest absolute Gasteiger partial charge is 0.319 e. The van der Waals surface area contributed by atoms with E-state index in [2.05, 4.69) is 25.6 Å². The molecule has 2 aromatic heterocycles. The molecule has 4 rings (SSSR count). The van der Waals surface area contributed by atoms with Crippen LogP contribution in [0.1, 0.15) is 5.56 Å². The number of thiazole rings is 1. The lowest BCUT2D eigenvalue weighted by Gasteiger charge is -2.08. The standard InChI is InChI=1S/C19H17N5O2S/c1-26-14-5-2-12(3-6-14)9-20-19(25)22-13-4-7-15-16(8-13)24-18(23-15)17-10-27-11-21-17/h2-8,10-11H,9H2,1H3,(H,23,24)(H2,20,22,25). The highest BCUT2D eigenvalue weighted by Gasteiger charge is 2.09. The second-order valence-corrected chi connectivity index (χ2v) is 6.57. The molecule has 2 heterocycles. The van der Waals surface area contributed by atoms with Crippen LogP contribution in [0.4, 0.5) is 10.5 Å². The van der Waals surface area contributed by atoms with Crippen LogP contribution in [-0.4, -0.2) is 28.1 Å². The predicted octanol–water partition coefficient (Wildman–Crippen LogP) is 4.02. The maximum absolute atomic E-state index is 12.2. The van der Waals surface area contributed by atoms with Gasteiger partial charge < -0.3 is 20.4 Å². The Morgan fingerprint density at radius 1 is 1.22 bits per heavy atom. The number of nitrogens with one attached hydrogen (secondary N) is 3. The van der Waals surface area contributed by atoms with E-state index in [-0.39, 0.29) is 6.03 Å². The third-order valence-electron chi connectivity index (χ3n) is 4.03. The van der Waals surface area contributed by atoms with E-state index in [1.54, 1.807) is 12.6 Å². The molecule has 8 heteroatoms. The number of ether oxygens (including phenoxy) is 1. The van der Waals surface area contributed by atoms with Crippen molar-refractivity contribution in [3.05, 3.63) is 58.9 Å². The van der Waals surface area contributed by atoms with Crippen molar-refractivity contribution in [3.63, 3.8) is 0 Å². The summed E-state index contributed by atoms with van der Waals surface area (Å²) in [5.41, 5.74) is 5.91. The molecule has 0 saturated carbocycles. The first-order valence-corrected chi connectivity index (χ1v) is 9.21. The van der Waals surface area contributed by atoms with E-state index in [1.807, 2.05) is 47.8 Å². The number of urea groups is 1. The minimum absolute atomic E-state index is 0.274. The fourth-order valence-electron chi connectivity index (χ4n) is 2.64. The zero-order chi connectivity index (χ0) is 18.6. The summed E-state index contributed by atoms with van der Waals surface area (Å²) in [6, 6.07) is 12.8. The fraction of sp³-hybridized carbons (Fsp3) is 0.105. The van der Waals surface area contributed by atoms with Crippen LogP contribution in [0, 0.1) is 0 Å². The third-order valence-corrected chi connectivity index (χ3v) is 4.61. The monoisotopic (exact) mass is 379 g/mol. The van der Waals surface area contributed by atoms with Gasteiger partial charge in [0, 0.05) is 17.6 Å². The maximum Gasteiger partial charge on any atom is 0.319 e. The first-order chi connectivity index (χ1) is 13.2. The number of carbonyl (C=O) groups excluding carboxylic acids is 1. The summed E-state index contributed by atoms with van der Waals surface area (Å²) in [7, 11) is 1.62. The Kier molecular flexibility index (Phi) is 4.71. The quantitative estimate of drug-likeness (QED) is 0.488. The Labute approximate surface area is 159 Å². The molecule has 0 spiro atoms. The summed E-state index contributed by atoms with van der Waals surface area (Å²) in [5, 5.41) is 7.60. The molecule has 0 aliphatic rings. The summed E-state index contributed by atoms with van der Waals surface area (Å²) in [4.78, 5) is 24.2. The van der Waals surface area contributed by atoms with Crippen LogP contribution in [0.25, 0.3) is 22.6 Å². The van der Waals surface area contributed by atoms with Crippen LogP contribution < -0.4 is 15.4 Å². The SMILES string of the molecule is COc1ccc(CNC(=O)Nc2ccc3nc(-c4cscn4)[nH]c3c2)cc1. The molecule has 0 saturated heterocycles. The number of fused-ring (bicyclic) bond motifs is 1. The highest BCUT2D eigenvalue weighted by molar-refractivity contribution is 7.07. The summed E-state index contributed by atoms with van der Waals surface area (Å²) < 4.78 is 5.12. The Hall–Kier alpha value is -3.39. The normalized spacial score (nSPS) is 10.7. The van der Waals surface area contributed by atoms with E-state index < -0.39 is 0 Å². The lowest BCUT2D eigenvalue weighted by atomic mass is 10.2. The largest absolute Gasteiger partial charge is 0.497 e. The van der Waals surface area contributed by atoms with E-state index in [1.165, 1.54) is 11.3 Å². The van der Waals surface area contributed by atoms with Crippen LogP contribution in [0.15, 0.2) is 53.4 Å². The Balaban J connectivity index is 1.40. The van der Waals surface area contributed by atoms with Gasteiger partial charge >= 0.3 is 6.03 Å². The van der Waals surface area contributed by atoms with Crippen LogP contribution in [0.3, 0.4) is 0 Å². The van der Waals surface area contributed by atoms with E-state index in [0.29, 0.717) is 18.1 Å². The van der Waals surface area contributed by atoms with Gasteiger partial charge in [-0.15, -0.1) is 11.3 Å². The zero-order valence-electron chi connectivity index (χ0n) is 14.5. The molecule has 2 amide bonds. The lowest BCUT2D eigenvalue weighted by molar-refractivity contribution is 0.251. The molecule has 7 nitrogen and oxygen atoms in total. The number of methoxy groups -OCH3 is 1. The summed E-state index contributed by atoms with van der Waals surface area (Å²) in [6.45, 7) is 0.427. The molecular weight excluding hydrogens is 362 g/mol. The number of nitrogens with zero attached hydrogens (tertiary/aromatic N) is 2. The number of H-pyrrole nitrogens is 1. The summed E-state index contributed by atoms with van der Waals surface area (Å²) in [6.07, 6.45) is 0. The van der Waals surface area contributed by atoms with E-state index in [4.69, 9.17) is 4.74 Å². The average Bonchev–Trinajstić information content (AvgIpc) is 3.36. The minimum Gasteiger partial charge on any atom is -0.497 e. The zero-order valence-corrected chi connectivity index (χ0v) is 15.3. The van der Waals surface area contributed by atoms with Gasteiger partial charge in [-0.05, 0) is 35.9 Å². The van der Waals surface area contributed by atoms with Gasteiger partial charge in [0.25, 0.3) is 0 Å². The highest BCUT2D eigenvalue weighted by atomic mass is 32.1. The number of imidazole rings is 1. The predicted molar refractivity (Wildman–Crippen MR) is 106 cm³/mol. The van der Waals surface area contributed by atoms with Crippen molar-refractivity contribution in [3.8, 4) is 17.3 Å². The Bertz CT molecular complexity index is 1060. The second kappa shape index (κ2) is 7.46. The molecule has 4 aromatic rings. The molecule has 0 unspecified atom stereocenters. The molecule has 2 aromatic carbocycles. The lowest BCUT2D eigenvalue weighted by Crippen LogP contribution is -2.28. The topological polar surface area (TPSA) is 91.9 Å². The van der Waals surface area contributed by atoms with Crippen LogP contribution in [-0.2, 0) is 6.54 Å². The number of hydrogen-bond donors (Lipinski definition) is 3. The van der Waals surface area contributed by atoms with Gasteiger partial charge in [-0.1, -0.05) is 12.1 Å². The van der Waals surface area contributed by atoms with Crippen molar-refractivity contribution in [2.45, 2.75) is 6.54 Å². The van der Waals surface area contributed by atoms with Crippen molar-refractivity contribution < 1.29 is 9.53 Å². The molecule has 136 valence electrons. The van der Waals surface area contributed by atoms with Crippen molar-refractivity contribution in [2.24, 2.45) is 0 Å². The van der Waals surface area contributed by atoms with Crippen molar-refractivity contribution in [1.29, 1.82) is 0 Å². The van der Waals surface area contributed by atoms with Gasteiger partial charge in [-0.25, -0.2) is 14.8 Å².